The zero-order valence-corrected chi connectivity index (χ0v) is 17.1. The van der Waals surface area contributed by atoms with E-state index >= 15 is 0 Å². The number of nitrogens with zero attached hydrogens (tertiary/aromatic N) is 4. The van der Waals surface area contributed by atoms with Gasteiger partial charge in [0.1, 0.15) is 0 Å². The minimum absolute atomic E-state index is 0.109. The number of carbonyl (C=O) groups is 2. The van der Waals surface area contributed by atoms with E-state index in [2.05, 4.69) is 15.5 Å². The van der Waals surface area contributed by atoms with Crippen molar-refractivity contribution in [2.24, 2.45) is 0 Å². The second kappa shape index (κ2) is 9.43. The van der Waals surface area contributed by atoms with Crippen molar-refractivity contribution in [1.29, 1.82) is 0 Å². The molecular formula is C21H23N5O5. The maximum absolute atomic E-state index is 12.6. The highest BCUT2D eigenvalue weighted by Gasteiger charge is 2.18. The topological polar surface area (TPSA) is 107 Å². The molecule has 0 bridgehead atoms. The van der Waals surface area contributed by atoms with Crippen LogP contribution in [0.1, 0.15) is 16.2 Å². The van der Waals surface area contributed by atoms with Crippen LogP contribution < -0.4 is 14.8 Å². The van der Waals surface area contributed by atoms with Crippen LogP contribution in [0.3, 0.4) is 0 Å². The molecule has 3 aromatic rings. The summed E-state index contributed by atoms with van der Waals surface area (Å²) in [7, 11) is 1.48. The molecule has 1 aliphatic rings. The van der Waals surface area contributed by atoms with E-state index in [1.54, 1.807) is 23.1 Å². The second-order valence-corrected chi connectivity index (χ2v) is 6.88. The number of morpholine rings is 1. The number of hydrogen-bond acceptors (Lipinski definition) is 7. The first-order chi connectivity index (χ1) is 15.2. The van der Waals surface area contributed by atoms with Crippen molar-refractivity contribution >= 4 is 17.5 Å². The van der Waals surface area contributed by atoms with Crippen molar-refractivity contribution in [3.8, 4) is 11.5 Å². The molecule has 2 aromatic heterocycles. The Bertz CT molecular complexity index is 1080. The molecule has 0 spiro atoms. The lowest BCUT2D eigenvalue weighted by Gasteiger charge is -2.26. The van der Waals surface area contributed by atoms with E-state index in [1.165, 1.54) is 7.11 Å². The Morgan fingerprint density at radius 2 is 1.97 bits per heavy atom. The maximum Gasteiger partial charge on any atom is 0.260 e. The van der Waals surface area contributed by atoms with Gasteiger partial charge < -0.3 is 24.4 Å². The van der Waals surface area contributed by atoms with E-state index in [0.717, 1.165) is 0 Å². The van der Waals surface area contributed by atoms with Crippen LogP contribution in [0.25, 0.3) is 5.65 Å². The van der Waals surface area contributed by atoms with Crippen molar-refractivity contribution < 1.29 is 23.8 Å². The van der Waals surface area contributed by atoms with Gasteiger partial charge in [-0.25, -0.2) is 0 Å². The standard InChI is InChI=1S/C21H23N5O5/c1-29-17-12-15(5-6-16(17)31-14-20(27)25-8-10-30-11-9-25)21(28)22-13-19-24-23-18-4-2-3-7-26(18)19/h2-7,12H,8-11,13-14H2,1H3,(H,22,28). The summed E-state index contributed by atoms with van der Waals surface area (Å²) >= 11 is 0. The molecule has 1 aliphatic heterocycles. The molecule has 3 heterocycles. The maximum atomic E-state index is 12.6. The average molecular weight is 425 g/mol. The highest BCUT2D eigenvalue weighted by Crippen LogP contribution is 2.28. The van der Waals surface area contributed by atoms with Gasteiger partial charge in [0, 0.05) is 24.8 Å². The van der Waals surface area contributed by atoms with Crippen LogP contribution in [-0.4, -0.2) is 71.3 Å². The third-order valence-corrected chi connectivity index (χ3v) is 4.93. The van der Waals surface area contributed by atoms with E-state index in [0.29, 0.717) is 54.8 Å². The molecule has 0 unspecified atom stereocenters. The summed E-state index contributed by atoms with van der Waals surface area (Å²) in [5.74, 6) is 0.978. The van der Waals surface area contributed by atoms with Gasteiger partial charge in [-0.1, -0.05) is 6.07 Å². The summed E-state index contributed by atoms with van der Waals surface area (Å²) in [6.45, 7) is 2.28. The minimum atomic E-state index is -0.290. The third kappa shape index (κ3) is 4.75. The predicted molar refractivity (Wildman–Crippen MR) is 110 cm³/mol. The number of aromatic nitrogens is 3. The molecule has 4 rings (SSSR count). The molecule has 2 amide bonds. The average Bonchev–Trinajstić information content (AvgIpc) is 3.24. The molecule has 10 heteroatoms. The van der Waals surface area contributed by atoms with Crippen LogP contribution in [0, 0.1) is 0 Å². The molecular weight excluding hydrogens is 402 g/mol. The molecule has 10 nitrogen and oxygen atoms in total. The molecule has 0 atom stereocenters. The van der Waals surface area contributed by atoms with Crippen molar-refractivity contribution in [3.05, 3.63) is 54.0 Å². The second-order valence-electron chi connectivity index (χ2n) is 6.88. The summed E-state index contributed by atoms with van der Waals surface area (Å²) in [6.07, 6.45) is 1.84. The summed E-state index contributed by atoms with van der Waals surface area (Å²) in [5.41, 5.74) is 1.11. The predicted octanol–water partition coefficient (Wildman–Crippen LogP) is 0.905. The Hall–Kier alpha value is -3.66. The van der Waals surface area contributed by atoms with Gasteiger partial charge in [0.2, 0.25) is 0 Å². The lowest BCUT2D eigenvalue weighted by atomic mass is 10.2. The molecule has 0 aliphatic carbocycles. The van der Waals surface area contributed by atoms with Gasteiger partial charge in [0.15, 0.2) is 29.6 Å². The van der Waals surface area contributed by atoms with Gasteiger partial charge in [-0.2, -0.15) is 0 Å². The number of amides is 2. The minimum Gasteiger partial charge on any atom is -0.493 e. The van der Waals surface area contributed by atoms with Gasteiger partial charge >= 0.3 is 0 Å². The lowest BCUT2D eigenvalue weighted by Crippen LogP contribution is -2.43. The highest BCUT2D eigenvalue weighted by atomic mass is 16.5. The molecule has 31 heavy (non-hydrogen) atoms. The Morgan fingerprint density at radius 1 is 1.13 bits per heavy atom. The number of methoxy groups -OCH3 is 1. The molecule has 162 valence electrons. The van der Waals surface area contributed by atoms with E-state index < -0.39 is 0 Å². The fraction of sp³-hybridized carbons (Fsp3) is 0.333. The number of carbonyl (C=O) groups excluding carboxylic acids is 2. The van der Waals surface area contributed by atoms with Crippen LogP contribution in [0.15, 0.2) is 42.6 Å². The van der Waals surface area contributed by atoms with Crippen LogP contribution in [0.2, 0.25) is 0 Å². The first kappa shape index (κ1) is 20.6. The Balaban J connectivity index is 1.37. The van der Waals surface area contributed by atoms with Crippen molar-refractivity contribution in [1.82, 2.24) is 24.8 Å². The zero-order valence-electron chi connectivity index (χ0n) is 17.1. The fourth-order valence-electron chi connectivity index (χ4n) is 3.24. The van der Waals surface area contributed by atoms with Crippen LogP contribution in [-0.2, 0) is 16.1 Å². The monoisotopic (exact) mass is 425 g/mol. The Morgan fingerprint density at radius 3 is 2.77 bits per heavy atom. The van der Waals surface area contributed by atoms with Gasteiger partial charge in [-0.05, 0) is 30.3 Å². The Labute approximate surface area is 178 Å². The quantitative estimate of drug-likeness (QED) is 0.599. The van der Waals surface area contributed by atoms with Crippen molar-refractivity contribution in [2.45, 2.75) is 6.54 Å². The van der Waals surface area contributed by atoms with Crippen LogP contribution in [0.5, 0.6) is 11.5 Å². The van der Waals surface area contributed by atoms with E-state index in [9.17, 15) is 9.59 Å². The van der Waals surface area contributed by atoms with E-state index in [-0.39, 0.29) is 25.0 Å². The van der Waals surface area contributed by atoms with E-state index in [4.69, 9.17) is 14.2 Å². The summed E-state index contributed by atoms with van der Waals surface area (Å²) < 4.78 is 18.0. The number of ether oxygens (including phenoxy) is 3. The summed E-state index contributed by atoms with van der Waals surface area (Å²) in [4.78, 5) is 26.6. The van der Waals surface area contributed by atoms with Gasteiger partial charge in [0.25, 0.3) is 11.8 Å². The van der Waals surface area contributed by atoms with Gasteiger partial charge in [-0.15, -0.1) is 10.2 Å². The lowest BCUT2D eigenvalue weighted by molar-refractivity contribution is -0.137. The first-order valence-corrected chi connectivity index (χ1v) is 9.89. The highest BCUT2D eigenvalue weighted by molar-refractivity contribution is 5.94. The van der Waals surface area contributed by atoms with Crippen LogP contribution in [0.4, 0.5) is 0 Å². The smallest absolute Gasteiger partial charge is 0.260 e. The molecule has 1 saturated heterocycles. The summed E-state index contributed by atoms with van der Waals surface area (Å²) in [5, 5.41) is 11.0. The Kier molecular flexibility index (Phi) is 6.27. The number of benzene rings is 1. The van der Waals surface area contributed by atoms with Crippen molar-refractivity contribution in [3.63, 3.8) is 0 Å². The van der Waals surface area contributed by atoms with Gasteiger partial charge in [0.05, 0.1) is 26.9 Å². The number of fused-ring (bicyclic) bond motifs is 1. The normalized spacial score (nSPS) is 13.8. The number of hydrogen-bond donors (Lipinski definition) is 1. The largest absolute Gasteiger partial charge is 0.493 e. The number of nitrogens with one attached hydrogen (secondary N) is 1. The summed E-state index contributed by atoms with van der Waals surface area (Å²) in [6, 6.07) is 10.4. The van der Waals surface area contributed by atoms with Gasteiger partial charge in [-0.3, -0.25) is 14.0 Å². The van der Waals surface area contributed by atoms with E-state index in [1.807, 2.05) is 28.8 Å². The molecule has 0 radical (unpaired) electrons. The molecule has 1 aromatic carbocycles. The zero-order chi connectivity index (χ0) is 21.6. The fourth-order valence-corrected chi connectivity index (χ4v) is 3.24. The van der Waals surface area contributed by atoms with Crippen LogP contribution >= 0.6 is 0 Å². The molecule has 0 saturated carbocycles. The molecule has 1 fully saturated rings. The first-order valence-electron chi connectivity index (χ1n) is 9.89. The number of rotatable bonds is 7. The SMILES string of the molecule is COc1cc(C(=O)NCc2nnc3ccccn23)ccc1OCC(=O)N1CCOCC1. The molecule has 1 N–H and O–H groups in total. The number of pyridine rings is 1. The van der Waals surface area contributed by atoms with Crippen molar-refractivity contribution in [2.75, 3.05) is 40.0 Å². The third-order valence-electron chi connectivity index (χ3n) is 4.93.